The summed E-state index contributed by atoms with van der Waals surface area (Å²) in [5.74, 6) is 2.70. The van der Waals surface area contributed by atoms with Gasteiger partial charge in [-0.05, 0) is 49.9 Å². The van der Waals surface area contributed by atoms with Crippen molar-refractivity contribution in [3.8, 4) is 0 Å². The van der Waals surface area contributed by atoms with Crippen LogP contribution in [0.2, 0.25) is 0 Å². The number of likely N-dealkylation sites (tertiary alicyclic amines) is 1. The van der Waals surface area contributed by atoms with Crippen molar-refractivity contribution < 1.29 is 9.59 Å². The molecule has 4 fully saturated rings. The minimum Gasteiger partial charge on any atom is -0.341 e. The van der Waals surface area contributed by atoms with E-state index >= 15 is 0 Å². The average molecular weight is 305 g/mol. The van der Waals surface area contributed by atoms with Crippen molar-refractivity contribution in [3.05, 3.63) is 0 Å². The molecule has 5 nitrogen and oxygen atoms in total. The summed E-state index contributed by atoms with van der Waals surface area (Å²) in [4.78, 5) is 28.5. The van der Waals surface area contributed by atoms with Crippen molar-refractivity contribution >= 4 is 11.9 Å². The quantitative estimate of drug-likeness (QED) is 0.865. The van der Waals surface area contributed by atoms with E-state index in [9.17, 15) is 9.59 Å². The molecule has 2 aliphatic heterocycles. The minimum absolute atomic E-state index is 0.0485. The Kier molecular flexibility index (Phi) is 3.74. The Balaban J connectivity index is 1.33. The molecule has 3 amide bonds. The van der Waals surface area contributed by atoms with Gasteiger partial charge >= 0.3 is 6.03 Å². The van der Waals surface area contributed by atoms with Crippen LogP contribution in [0.4, 0.5) is 4.79 Å². The van der Waals surface area contributed by atoms with Crippen molar-refractivity contribution in [3.63, 3.8) is 0 Å². The van der Waals surface area contributed by atoms with Crippen LogP contribution >= 0.6 is 0 Å². The Morgan fingerprint density at radius 1 is 1.18 bits per heavy atom. The van der Waals surface area contributed by atoms with Gasteiger partial charge in [0.15, 0.2) is 0 Å². The van der Waals surface area contributed by atoms with E-state index in [0.29, 0.717) is 11.8 Å². The predicted octanol–water partition coefficient (Wildman–Crippen LogP) is 1.83. The number of nitrogens with zero attached hydrogens (tertiary/aromatic N) is 2. The lowest BCUT2D eigenvalue weighted by molar-refractivity contribution is -0.134. The molecule has 122 valence electrons. The molecule has 2 saturated heterocycles. The SMILES string of the molecule is O=C(C[C@H]1C[C@H]2CC[C@H]1C2)N1CCC[C@H](N2CCNC2=O)C1. The fourth-order valence-electron chi connectivity index (χ4n) is 5.25. The number of carbonyl (C=O) groups is 2. The lowest BCUT2D eigenvalue weighted by Gasteiger charge is -2.37. The third-order valence-corrected chi connectivity index (χ3v) is 6.40. The lowest BCUT2D eigenvalue weighted by Crippen LogP contribution is -2.51. The third-order valence-electron chi connectivity index (χ3n) is 6.40. The number of nitrogens with one attached hydrogen (secondary N) is 1. The first-order valence-corrected chi connectivity index (χ1v) is 9.03. The maximum Gasteiger partial charge on any atom is 0.317 e. The van der Waals surface area contributed by atoms with E-state index in [4.69, 9.17) is 0 Å². The number of fused-ring (bicyclic) bond motifs is 2. The summed E-state index contributed by atoms with van der Waals surface area (Å²) < 4.78 is 0. The van der Waals surface area contributed by atoms with Crippen LogP contribution in [0.5, 0.6) is 0 Å². The predicted molar refractivity (Wildman–Crippen MR) is 83.3 cm³/mol. The van der Waals surface area contributed by atoms with E-state index in [-0.39, 0.29) is 12.1 Å². The zero-order chi connectivity index (χ0) is 15.1. The normalized spacial score (nSPS) is 37.7. The Hall–Kier alpha value is -1.26. The van der Waals surface area contributed by atoms with Crippen molar-refractivity contribution in [2.24, 2.45) is 17.8 Å². The van der Waals surface area contributed by atoms with Crippen molar-refractivity contribution in [2.75, 3.05) is 26.2 Å². The number of hydrogen-bond acceptors (Lipinski definition) is 2. The van der Waals surface area contributed by atoms with Gasteiger partial charge in [-0.2, -0.15) is 0 Å². The van der Waals surface area contributed by atoms with Crippen LogP contribution in [0.15, 0.2) is 0 Å². The van der Waals surface area contributed by atoms with Gasteiger partial charge in [-0.3, -0.25) is 4.79 Å². The molecule has 22 heavy (non-hydrogen) atoms. The van der Waals surface area contributed by atoms with Crippen LogP contribution in [0.1, 0.15) is 44.9 Å². The summed E-state index contributed by atoms with van der Waals surface area (Å²) in [6, 6.07) is 0.271. The maximum atomic E-state index is 12.7. The first-order valence-electron chi connectivity index (χ1n) is 9.03. The third kappa shape index (κ3) is 2.59. The van der Waals surface area contributed by atoms with E-state index < -0.39 is 0 Å². The second-order valence-electron chi connectivity index (χ2n) is 7.70. The Morgan fingerprint density at radius 3 is 2.77 bits per heavy atom. The lowest BCUT2D eigenvalue weighted by atomic mass is 9.86. The largest absolute Gasteiger partial charge is 0.341 e. The number of carbonyl (C=O) groups excluding carboxylic acids is 2. The van der Waals surface area contributed by atoms with Crippen molar-refractivity contribution in [1.82, 2.24) is 15.1 Å². The summed E-state index contributed by atoms with van der Waals surface area (Å²) in [6.45, 7) is 3.16. The van der Waals surface area contributed by atoms with Gasteiger partial charge in [-0.25, -0.2) is 4.79 Å². The van der Waals surface area contributed by atoms with Crippen LogP contribution < -0.4 is 5.32 Å². The van der Waals surface area contributed by atoms with Crippen molar-refractivity contribution in [1.29, 1.82) is 0 Å². The molecule has 2 saturated carbocycles. The highest BCUT2D eigenvalue weighted by Crippen LogP contribution is 2.49. The van der Waals surface area contributed by atoms with Gasteiger partial charge in [0.2, 0.25) is 5.91 Å². The van der Waals surface area contributed by atoms with Crippen molar-refractivity contribution in [2.45, 2.75) is 51.0 Å². The number of piperidine rings is 1. The molecule has 1 N–H and O–H groups in total. The van der Waals surface area contributed by atoms with Gasteiger partial charge in [-0.15, -0.1) is 0 Å². The van der Waals surface area contributed by atoms with E-state index in [2.05, 4.69) is 5.32 Å². The van der Waals surface area contributed by atoms with E-state index in [1.165, 1.54) is 25.7 Å². The molecule has 2 bridgehead atoms. The first kappa shape index (κ1) is 14.3. The topological polar surface area (TPSA) is 52.7 Å². The molecule has 4 aliphatic rings. The number of hydrogen-bond donors (Lipinski definition) is 1. The second-order valence-corrected chi connectivity index (χ2v) is 7.70. The average Bonchev–Trinajstić information content (AvgIpc) is 3.24. The molecule has 0 radical (unpaired) electrons. The van der Waals surface area contributed by atoms with E-state index in [1.54, 1.807) is 0 Å². The summed E-state index contributed by atoms with van der Waals surface area (Å²) in [6.07, 6.45) is 8.20. The van der Waals surface area contributed by atoms with Gasteiger partial charge in [0.05, 0.1) is 6.04 Å². The molecular weight excluding hydrogens is 278 g/mol. The van der Waals surface area contributed by atoms with Gasteiger partial charge in [-0.1, -0.05) is 6.42 Å². The standard InChI is InChI=1S/C17H27N3O2/c21-16(10-14-9-12-3-4-13(14)8-12)19-6-1-2-15(11-19)20-7-5-18-17(20)22/h12-15H,1-11H2,(H,18,22)/t12-,13-,14+,15-/m0/s1. The van der Waals surface area contributed by atoms with E-state index in [1.807, 2.05) is 9.80 Å². The molecule has 4 atom stereocenters. The summed E-state index contributed by atoms with van der Waals surface area (Å²) in [7, 11) is 0. The zero-order valence-corrected chi connectivity index (χ0v) is 13.3. The van der Waals surface area contributed by atoms with Gasteiger partial charge in [0.25, 0.3) is 0 Å². The van der Waals surface area contributed by atoms with Gasteiger partial charge in [0.1, 0.15) is 0 Å². The number of urea groups is 1. The monoisotopic (exact) mass is 305 g/mol. The minimum atomic E-state index is 0.0485. The smallest absolute Gasteiger partial charge is 0.317 e. The molecular formula is C17H27N3O2. The fraction of sp³-hybridized carbons (Fsp3) is 0.882. The number of amides is 3. The summed E-state index contributed by atoms with van der Waals surface area (Å²) in [5, 5.41) is 2.87. The molecule has 2 heterocycles. The molecule has 0 aromatic rings. The second kappa shape index (κ2) is 5.74. The Morgan fingerprint density at radius 2 is 2.09 bits per heavy atom. The molecule has 0 aromatic carbocycles. The van der Waals surface area contributed by atoms with E-state index in [0.717, 1.165) is 57.3 Å². The highest BCUT2D eigenvalue weighted by molar-refractivity contribution is 5.78. The molecule has 0 unspecified atom stereocenters. The summed E-state index contributed by atoms with van der Waals surface area (Å²) >= 11 is 0. The molecule has 5 heteroatoms. The highest BCUT2D eigenvalue weighted by Gasteiger charge is 2.41. The van der Waals surface area contributed by atoms with Gasteiger partial charge in [0, 0.05) is 32.6 Å². The first-order chi connectivity index (χ1) is 10.7. The van der Waals surface area contributed by atoms with Crippen LogP contribution in [0, 0.1) is 17.8 Å². The molecule has 0 spiro atoms. The molecule has 4 rings (SSSR count). The fourth-order valence-corrected chi connectivity index (χ4v) is 5.25. The van der Waals surface area contributed by atoms with Crippen LogP contribution in [-0.2, 0) is 4.79 Å². The number of rotatable bonds is 3. The molecule has 0 aromatic heterocycles. The summed E-state index contributed by atoms with van der Waals surface area (Å²) in [5.41, 5.74) is 0. The van der Waals surface area contributed by atoms with Crippen LogP contribution in [0.25, 0.3) is 0 Å². The van der Waals surface area contributed by atoms with Crippen LogP contribution in [-0.4, -0.2) is 54.0 Å². The maximum absolute atomic E-state index is 12.7. The highest BCUT2D eigenvalue weighted by atomic mass is 16.2. The van der Waals surface area contributed by atoms with Gasteiger partial charge < -0.3 is 15.1 Å². The Bertz CT molecular complexity index is 467. The zero-order valence-electron chi connectivity index (χ0n) is 13.3. The Labute approximate surface area is 132 Å². The van der Waals surface area contributed by atoms with Crippen LogP contribution in [0.3, 0.4) is 0 Å². The molecule has 2 aliphatic carbocycles.